The van der Waals surface area contributed by atoms with Crippen LogP contribution in [0.25, 0.3) is 0 Å². The van der Waals surface area contributed by atoms with E-state index in [1.807, 2.05) is 24.3 Å². The molecule has 0 aromatic heterocycles. The molecule has 0 heterocycles. The number of benzene rings is 1. The SMILES string of the molecule is COC(=O)CC[C@]1(C)CCC(=O)c2ccccc21. The van der Waals surface area contributed by atoms with Crippen LogP contribution in [0.2, 0.25) is 0 Å². The predicted molar refractivity (Wildman–Crippen MR) is 68.6 cm³/mol. The van der Waals surface area contributed by atoms with Gasteiger partial charge in [-0.25, -0.2) is 0 Å². The number of esters is 1. The number of methoxy groups -OCH3 is 1. The van der Waals surface area contributed by atoms with Crippen molar-refractivity contribution in [2.24, 2.45) is 0 Å². The third kappa shape index (κ3) is 2.30. The van der Waals surface area contributed by atoms with Crippen molar-refractivity contribution in [1.29, 1.82) is 0 Å². The normalized spacial score (nSPS) is 22.4. The second-order valence-electron chi connectivity index (χ2n) is 5.11. The molecule has 3 heteroatoms. The number of Topliss-reactive ketones (excluding diaryl/α,β-unsaturated/α-hetero) is 1. The van der Waals surface area contributed by atoms with Crippen molar-refractivity contribution in [2.75, 3.05) is 7.11 Å². The molecule has 0 spiro atoms. The highest BCUT2D eigenvalue weighted by Gasteiger charge is 2.35. The summed E-state index contributed by atoms with van der Waals surface area (Å²) in [7, 11) is 1.41. The topological polar surface area (TPSA) is 43.4 Å². The van der Waals surface area contributed by atoms with E-state index in [2.05, 4.69) is 11.7 Å². The van der Waals surface area contributed by atoms with Gasteiger partial charge in [0.2, 0.25) is 0 Å². The van der Waals surface area contributed by atoms with E-state index in [0.29, 0.717) is 12.8 Å². The fourth-order valence-corrected chi connectivity index (χ4v) is 2.65. The zero-order valence-corrected chi connectivity index (χ0v) is 10.9. The van der Waals surface area contributed by atoms with Crippen LogP contribution in [0, 0.1) is 0 Å². The first-order valence-electron chi connectivity index (χ1n) is 6.26. The van der Waals surface area contributed by atoms with Crippen molar-refractivity contribution in [3.05, 3.63) is 35.4 Å². The van der Waals surface area contributed by atoms with Crippen molar-refractivity contribution < 1.29 is 14.3 Å². The number of hydrogen-bond acceptors (Lipinski definition) is 3. The molecule has 1 atom stereocenters. The van der Waals surface area contributed by atoms with Crippen LogP contribution < -0.4 is 0 Å². The Labute approximate surface area is 107 Å². The Morgan fingerprint density at radius 1 is 1.39 bits per heavy atom. The molecule has 1 aromatic carbocycles. The van der Waals surface area contributed by atoms with Crippen LogP contribution in [0.1, 0.15) is 48.5 Å². The number of carbonyl (C=O) groups is 2. The quantitative estimate of drug-likeness (QED) is 0.770. The fourth-order valence-electron chi connectivity index (χ4n) is 2.65. The Kier molecular flexibility index (Phi) is 3.50. The Balaban J connectivity index is 2.26. The van der Waals surface area contributed by atoms with E-state index in [1.54, 1.807) is 0 Å². The van der Waals surface area contributed by atoms with Crippen LogP contribution in [0.4, 0.5) is 0 Å². The standard InChI is InChI=1S/C15H18O3/c1-15(10-8-14(17)18-2)9-7-13(16)11-5-3-4-6-12(11)15/h3-6H,7-10H2,1-2H3/t15-/m0/s1. The summed E-state index contributed by atoms with van der Waals surface area (Å²) in [4.78, 5) is 23.2. The molecule has 18 heavy (non-hydrogen) atoms. The molecule has 0 bridgehead atoms. The number of carbonyl (C=O) groups excluding carboxylic acids is 2. The largest absolute Gasteiger partial charge is 0.469 e. The summed E-state index contributed by atoms with van der Waals surface area (Å²) >= 11 is 0. The van der Waals surface area contributed by atoms with E-state index < -0.39 is 0 Å². The lowest BCUT2D eigenvalue weighted by Crippen LogP contribution is -2.31. The zero-order chi connectivity index (χ0) is 13.2. The predicted octanol–water partition coefficient (Wildman–Crippen LogP) is 2.87. The average Bonchev–Trinajstić information content (AvgIpc) is 2.41. The van der Waals surface area contributed by atoms with Gasteiger partial charge in [0.1, 0.15) is 0 Å². The van der Waals surface area contributed by atoms with E-state index in [4.69, 9.17) is 0 Å². The second kappa shape index (κ2) is 4.92. The smallest absolute Gasteiger partial charge is 0.305 e. The molecule has 2 rings (SSSR count). The van der Waals surface area contributed by atoms with Gasteiger partial charge < -0.3 is 4.74 Å². The molecule has 0 radical (unpaired) electrons. The highest BCUT2D eigenvalue weighted by atomic mass is 16.5. The number of fused-ring (bicyclic) bond motifs is 1. The zero-order valence-electron chi connectivity index (χ0n) is 10.9. The maximum atomic E-state index is 11.9. The van der Waals surface area contributed by atoms with Gasteiger partial charge in [-0.05, 0) is 23.8 Å². The van der Waals surface area contributed by atoms with Crippen molar-refractivity contribution >= 4 is 11.8 Å². The second-order valence-corrected chi connectivity index (χ2v) is 5.11. The van der Waals surface area contributed by atoms with E-state index in [1.165, 1.54) is 7.11 Å². The van der Waals surface area contributed by atoms with Gasteiger partial charge >= 0.3 is 5.97 Å². The number of hydrogen-bond donors (Lipinski definition) is 0. The van der Waals surface area contributed by atoms with Gasteiger partial charge in [0, 0.05) is 18.4 Å². The average molecular weight is 246 g/mol. The first-order valence-corrected chi connectivity index (χ1v) is 6.26. The molecule has 0 aliphatic heterocycles. The Morgan fingerprint density at radius 2 is 2.11 bits per heavy atom. The van der Waals surface area contributed by atoms with E-state index in [0.717, 1.165) is 24.0 Å². The van der Waals surface area contributed by atoms with Gasteiger partial charge in [0.15, 0.2) is 5.78 Å². The maximum Gasteiger partial charge on any atom is 0.305 e. The van der Waals surface area contributed by atoms with Crippen LogP contribution in [0.15, 0.2) is 24.3 Å². The molecule has 0 amide bonds. The number of ether oxygens (including phenoxy) is 1. The molecule has 0 N–H and O–H groups in total. The third-order valence-corrected chi connectivity index (χ3v) is 3.89. The van der Waals surface area contributed by atoms with E-state index in [-0.39, 0.29) is 17.2 Å². The lowest BCUT2D eigenvalue weighted by molar-refractivity contribution is -0.141. The molecule has 0 unspecified atom stereocenters. The minimum Gasteiger partial charge on any atom is -0.469 e. The first kappa shape index (κ1) is 12.8. The van der Waals surface area contributed by atoms with Crippen molar-refractivity contribution in [2.45, 2.75) is 38.0 Å². The van der Waals surface area contributed by atoms with Gasteiger partial charge in [-0.3, -0.25) is 9.59 Å². The lowest BCUT2D eigenvalue weighted by atomic mass is 9.68. The van der Waals surface area contributed by atoms with Crippen LogP contribution in [-0.2, 0) is 14.9 Å². The number of rotatable bonds is 3. The van der Waals surface area contributed by atoms with Gasteiger partial charge in [-0.15, -0.1) is 0 Å². The summed E-state index contributed by atoms with van der Waals surface area (Å²) < 4.78 is 4.69. The van der Waals surface area contributed by atoms with Crippen LogP contribution in [-0.4, -0.2) is 18.9 Å². The van der Waals surface area contributed by atoms with Crippen molar-refractivity contribution in [3.8, 4) is 0 Å². The Bertz CT molecular complexity index is 478. The first-order chi connectivity index (χ1) is 8.57. The molecule has 1 aliphatic carbocycles. The molecule has 96 valence electrons. The van der Waals surface area contributed by atoms with Crippen molar-refractivity contribution in [3.63, 3.8) is 0 Å². The fraction of sp³-hybridized carbons (Fsp3) is 0.467. The molecule has 0 fully saturated rings. The van der Waals surface area contributed by atoms with E-state index >= 15 is 0 Å². The summed E-state index contributed by atoms with van der Waals surface area (Å²) in [6.45, 7) is 2.13. The maximum absolute atomic E-state index is 11.9. The highest BCUT2D eigenvalue weighted by molar-refractivity contribution is 5.99. The van der Waals surface area contributed by atoms with Crippen LogP contribution in [0.3, 0.4) is 0 Å². The van der Waals surface area contributed by atoms with E-state index in [9.17, 15) is 9.59 Å². The lowest BCUT2D eigenvalue weighted by Gasteiger charge is -2.35. The summed E-state index contributed by atoms with van der Waals surface area (Å²) in [5.74, 6) is 0.0201. The highest BCUT2D eigenvalue weighted by Crippen LogP contribution is 2.40. The Hall–Kier alpha value is -1.64. The number of ketones is 1. The van der Waals surface area contributed by atoms with Crippen molar-refractivity contribution in [1.82, 2.24) is 0 Å². The molecular formula is C15H18O3. The summed E-state index contributed by atoms with van der Waals surface area (Å²) in [5, 5.41) is 0. The molecular weight excluding hydrogens is 228 g/mol. The van der Waals surface area contributed by atoms with Gasteiger partial charge in [-0.2, -0.15) is 0 Å². The van der Waals surface area contributed by atoms with Gasteiger partial charge in [0.05, 0.1) is 7.11 Å². The Morgan fingerprint density at radius 3 is 2.83 bits per heavy atom. The van der Waals surface area contributed by atoms with Gasteiger partial charge in [0.25, 0.3) is 0 Å². The summed E-state index contributed by atoms with van der Waals surface area (Å²) in [6.07, 6.45) is 2.49. The third-order valence-electron chi connectivity index (χ3n) is 3.89. The minimum absolute atomic E-state index is 0.0985. The molecule has 3 nitrogen and oxygen atoms in total. The molecule has 0 saturated heterocycles. The monoisotopic (exact) mass is 246 g/mol. The minimum atomic E-state index is -0.189. The molecule has 1 aliphatic rings. The van der Waals surface area contributed by atoms with Crippen LogP contribution in [0.5, 0.6) is 0 Å². The molecule has 0 saturated carbocycles. The van der Waals surface area contributed by atoms with Gasteiger partial charge in [-0.1, -0.05) is 31.2 Å². The summed E-state index contributed by atoms with van der Waals surface area (Å²) in [6, 6.07) is 7.73. The van der Waals surface area contributed by atoms with Crippen LogP contribution >= 0.6 is 0 Å². The summed E-state index contributed by atoms with van der Waals surface area (Å²) in [5.41, 5.74) is 1.79. The molecule has 1 aromatic rings.